The summed E-state index contributed by atoms with van der Waals surface area (Å²) in [5.74, 6) is -0.461. The number of carbonyl (C=O) groups is 2. The zero-order valence-electron chi connectivity index (χ0n) is 12.2. The van der Waals surface area contributed by atoms with Crippen molar-refractivity contribution in [2.45, 2.75) is 25.6 Å². The number of hydrogen-bond donors (Lipinski definition) is 1. The van der Waals surface area contributed by atoms with Gasteiger partial charge >= 0.3 is 0 Å². The standard InChI is InChI=1S/C14H20FN3O3/c1-9-3-4-21-13(9)14(20)17(2)7-11-5-10(15)6-18(11)8-12(16)19/h3-4,10-11H,5-8H2,1-2H3,(H2,16,19)/t10-,11-/m0/s1. The van der Waals surface area contributed by atoms with Gasteiger partial charge in [-0.15, -0.1) is 0 Å². The summed E-state index contributed by atoms with van der Waals surface area (Å²) in [6, 6.07) is 1.50. The molecule has 2 N–H and O–H groups in total. The van der Waals surface area contributed by atoms with Gasteiger partial charge in [0.15, 0.2) is 5.76 Å². The molecule has 116 valence electrons. The maximum Gasteiger partial charge on any atom is 0.289 e. The Labute approximate surface area is 122 Å². The summed E-state index contributed by atoms with van der Waals surface area (Å²) in [6.45, 7) is 2.30. The van der Waals surface area contributed by atoms with E-state index in [4.69, 9.17) is 10.2 Å². The van der Waals surface area contributed by atoms with Gasteiger partial charge in [-0.3, -0.25) is 14.5 Å². The molecule has 2 amide bonds. The molecule has 0 spiro atoms. The summed E-state index contributed by atoms with van der Waals surface area (Å²) >= 11 is 0. The third kappa shape index (κ3) is 3.60. The first-order chi connectivity index (χ1) is 9.88. The molecule has 1 aromatic rings. The van der Waals surface area contributed by atoms with E-state index < -0.39 is 12.1 Å². The monoisotopic (exact) mass is 297 g/mol. The van der Waals surface area contributed by atoms with Crippen molar-refractivity contribution in [1.82, 2.24) is 9.80 Å². The van der Waals surface area contributed by atoms with Gasteiger partial charge in [-0.05, 0) is 19.4 Å². The van der Waals surface area contributed by atoms with Gasteiger partial charge in [0.05, 0.1) is 12.8 Å². The number of likely N-dealkylation sites (tertiary alicyclic amines) is 1. The number of primary amides is 1. The first kappa shape index (κ1) is 15.5. The Balaban J connectivity index is 2.01. The molecule has 1 aliphatic rings. The molecule has 1 fully saturated rings. The largest absolute Gasteiger partial charge is 0.459 e. The third-order valence-electron chi connectivity index (χ3n) is 3.72. The van der Waals surface area contributed by atoms with Crippen molar-refractivity contribution in [3.63, 3.8) is 0 Å². The van der Waals surface area contributed by atoms with Gasteiger partial charge in [-0.1, -0.05) is 0 Å². The molecule has 1 aliphatic heterocycles. The Morgan fingerprint density at radius 1 is 1.57 bits per heavy atom. The second-order valence-corrected chi connectivity index (χ2v) is 5.50. The molecule has 0 saturated carbocycles. The van der Waals surface area contributed by atoms with Crippen molar-refractivity contribution in [1.29, 1.82) is 0 Å². The molecule has 6 nitrogen and oxygen atoms in total. The molecule has 0 radical (unpaired) electrons. The van der Waals surface area contributed by atoms with E-state index in [0.717, 1.165) is 5.56 Å². The molecule has 2 atom stereocenters. The van der Waals surface area contributed by atoms with Gasteiger partial charge in [0, 0.05) is 31.7 Å². The number of nitrogens with two attached hydrogens (primary N) is 1. The molecule has 1 saturated heterocycles. The zero-order valence-corrected chi connectivity index (χ0v) is 12.2. The van der Waals surface area contributed by atoms with Crippen LogP contribution in [0.5, 0.6) is 0 Å². The van der Waals surface area contributed by atoms with Crippen LogP contribution in [-0.2, 0) is 4.79 Å². The molecule has 0 aliphatic carbocycles. The highest BCUT2D eigenvalue weighted by Crippen LogP contribution is 2.21. The number of furan rings is 1. The van der Waals surface area contributed by atoms with E-state index in [2.05, 4.69) is 0 Å². The van der Waals surface area contributed by atoms with Crippen LogP contribution in [0.15, 0.2) is 16.7 Å². The second-order valence-electron chi connectivity index (χ2n) is 5.50. The van der Waals surface area contributed by atoms with Crippen LogP contribution < -0.4 is 5.73 Å². The molecule has 21 heavy (non-hydrogen) atoms. The summed E-state index contributed by atoms with van der Waals surface area (Å²) in [7, 11) is 1.64. The van der Waals surface area contributed by atoms with Crippen molar-refractivity contribution in [3.05, 3.63) is 23.7 Å². The van der Waals surface area contributed by atoms with Gasteiger partial charge in [-0.25, -0.2) is 4.39 Å². The van der Waals surface area contributed by atoms with Crippen LogP contribution >= 0.6 is 0 Å². The number of nitrogens with zero attached hydrogens (tertiary/aromatic N) is 2. The van der Waals surface area contributed by atoms with Crippen LogP contribution in [0.1, 0.15) is 22.5 Å². The minimum absolute atomic E-state index is 0.00684. The number of likely N-dealkylation sites (N-methyl/N-ethyl adjacent to an activating group) is 1. The van der Waals surface area contributed by atoms with Gasteiger partial charge < -0.3 is 15.1 Å². The fraction of sp³-hybridized carbons (Fsp3) is 0.571. The fourth-order valence-corrected chi connectivity index (χ4v) is 2.67. The Morgan fingerprint density at radius 3 is 2.86 bits per heavy atom. The normalized spacial score (nSPS) is 22.4. The lowest BCUT2D eigenvalue weighted by Crippen LogP contribution is -2.44. The van der Waals surface area contributed by atoms with E-state index in [-0.39, 0.29) is 30.8 Å². The summed E-state index contributed by atoms with van der Waals surface area (Å²) < 4.78 is 18.7. The van der Waals surface area contributed by atoms with E-state index in [1.807, 2.05) is 0 Å². The average molecular weight is 297 g/mol. The molecule has 7 heteroatoms. The second kappa shape index (κ2) is 6.26. The Hall–Kier alpha value is -1.89. The number of halogens is 1. The number of amides is 2. The predicted molar refractivity (Wildman–Crippen MR) is 74.5 cm³/mol. The van der Waals surface area contributed by atoms with E-state index in [1.54, 1.807) is 24.9 Å². The van der Waals surface area contributed by atoms with Gasteiger partial charge in [-0.2, -0.15) is 0 Å². The summed E-state index contributed by atoms with van der Waals surface area (Å²) in [6.07, 6.45) is 0.758. The van der Waals surface area contributed by atoms with E-state index >= 15 is 0 Å². The molecule has 2 heterocycles. The molecule has 1 aromatic heterocycles. The summed E-state index contributed by atoms with van der Waals surface area (Å²) in [4.78, 5) is 26.4. The zero-order chi connectivity index (χ0) is 15.6. The van der Waals surface area contributed by atoms with Crippen LogP contribution in [0.2, 0.25) is 0 Å². The van der Waals surface area contributed by atoms with Crippen LogP contribution in [0, 0.1) is 6.92 Å². The van der Waals surface area contributed by atoms with Crippen LogP contribution in [-0.4, -0.2) is 60.5 Å². The van der Waals surface area contributed by atoms with Crippen LogP contribution in [0.25, 0.3) is 0 Å². The Bertz CT molecular complexity index is 531. The molecule has 0 aromatic carbocycles. The fourth-order valence-electron chi connectivity index (χ4n) is 2.67. The summed E-state index contributed by atoms with van der Waals surface area (Å²) in [5.41, 5.74) is 5.93. The first-order valence-electron chi connectivity index (χ1n) is 6.84. The number of hydrogen-bond acceptors (Lipinski definition) is 4. The van der Waals surface area contributed by atoms with Crippen molar-refractivity contribution >= 4 is 11.8 Å². The molecule has 2 rings (SSSR count). The predicted octanol–water partition coefficient (Wildman–Crippen LogP) is 0.558. The van der Waals surface area contributed by atoms with E-state index in [0.29, 0.717) is 13.0 Å². The Morgan fingerprint density at radius 2 is 2.29 bits per heavy atom. The van der Waals surface area contributed by atoms with E-state index in [9.17, 15) is 14.0 Å². The van der Waals surface area contributed by atoms with E-state index in [1.165, 1.54) is 11.2 Å². The molecular weight excluding hydrogens is 277 g/mol. The minimum Gasteiger partial charge on any atom is -0.459 e. The Kier molecular flexibility index (Phi) is 4.62. The first-order valence-corrected chi connectivity index (χ1v) is 6.84. The number of alkyl halides is 1. The summed E-state index contributed by atoms with van der Waals surface area (Å²) in [5, 5.41) is 0. The van der Waals surface area contributed by atoms with Crippen LogP contribution in [0.3, 0.4) is 0 Å². The SMILES string of the molecule is Cc1ccoc1C(=O)N(C)C[C@@H]1C[C@H](F)CN1CC(N)=O. The molecule has 0 bridgehead atoms. The quantitative estimate of drug-likeness (QED) is 0.861. The maximum absolute atomic E-state index is 13.5. The highest BCUT2D eigenvalue weighted by atomic mass is 19.1. The molecule has 0 unspecified atom stereocenters. The highest BCUT2D eigenvalue weighted by Gasteiger charge is 2.34. The van der Waals surface area contributed by atoms with Crippen molar-refractivity contribution in [2.75, 3.05) is 26.7 Å². The lowest BCUT2D eigenvalue weighted by molar-refractivity contribution is -0.119. The van der Waals surface area contributed by atoms with Crippen molar-refractivity contribution < 1.29 is 18.4 Å². The lowest BCUT2D eigenvalue weighted by Gasteiger charge is -2.27. The van der Waals surface area contributed by atoms with Crippen molar-refractivity contribution in [2.24, 2.45) is 5.73 Å². The van der Waals surface area contributed by atoms with Gasteiger partial charge in [0.2, 0.25) is 5.91 Å². The number of rotatable bonds is 5. The third-order valence-corrected chi connectivity index (χ3v) is 3.72. The number of carbonyl (C=O) groups excluding carboxylic acids is 2. The van der Waals surface area contributed by atoms with Crippen molar-refractivity contribution in [3.8, 4) is 0 Å². The minimum atomic E-state index is -0.997. The molecular formula is C14H20FN3O3. The average Bonchev–Trinajstić information content (AvgIpc) is 2.94. The van der Waals surface area contributed by atoms with Gasteiger partial charge in [0.25, 0.3) is 5.91 Å². The smallest absolute Gasteiger partial charge is 0.289 e. The number of aryl methyl sites for hydroxylation is 1. The highest BCUT2D eigenvalue weighted by molar-refractivity contribution is 5.92. The van der Waals surface area contributed by atoms with Gasteiger partial charge in [0.1, 0.15) is 6.17 Å². The van der Waals surface area contributed by atoms with Crippen LogP contribution in [0.4, 0.5) is 4.39 Å². The topological polar surface area (TPSA) is 79.8 Å². The maximum atomic E-state index is 13.5. The lowest BCUT2D eigenvalue weighted by atomic mass is 10.2.